The quantitative estimate of drug-likeness (QED) is 0.323. The predicted molar refractivity (Wildman–Crippen MR) is 142 cm³/mol. The van der Waals surface area contributed by atoms with Gasteiger partial charge in [-0.3, -0.25) is 18.3 Å². The molecule has 0 N–H and O–H groups in total. The number of hydrogen-bond acceptors (Lipinski definition) is 6. The normalized spacial score (nSPS) is 11.5. The van der Waals surface area contributed by atoms with E-state index in [-0.39, 0.29) is 5.56 Å². The van der Waals surface area contributed by atoms with Crippen molar-refractivity contribution in [1.82, 2.24) is 33.9 Å². The fraction of sp³-hybridized carbons (Fsp3) is 0.148. The fourth-order valence-corrected chi connectivity index (χ4v) is 5.21. The Kier molecular flexibility index (Phi) is 5.41. The Balaban J connectivity index is 1.46. The van der Waals surface area contributed by atoms with E-state index in [1.807, 2.05) is 59.0 Å². The maximum atomic E-state index is 12.8. The maximum absolute atomic E-state index is 12.8. The molecule has 0 saturated carbocycles. The highest BCUT2D eigenvalue weighted by molar-refractivity contribution is 7.98. The molecule has 0 aliphatic heterocycles. The summed E-state index contributed by atoms with van der Waals surface area (Å²) < 4.78 is 5.57. The van der Waals surface area contributed by atoms with Crippen LogP contribution >= 0.6 is 11.8 Å². The molecule has 3 aromatic heterocycles. The second-order valence-electron chi connectivity index (χ2n) is 8.70. The van der Waals surface area contributed by atoms with Gasteiger partial charge in [-0.1, -0.05) is 60.3 Å². The van der Waals surface area contributed by atoms with Gasteiger partial charge >= 0.3 is 0 Å². The number of benzene rings is 3. The van der Waals surface area contributed by atoms with Crippen molar-refractivity contribution in [2.75, 3.05) is 0 Å². The summed E-state index contributed by atoms with van der Waals surface area (Å²) in [7, 11) is 1.72. The summed E-state index contributed by atoms with van der Waals surface area (Å²) in [6.45, 7) is 4.21. The molecule has 0 fully saturated rings. The average Bonchev–Trinajstić information content (AvgIpc) is 3.53. The van der Waals surface area contributed by atoms with E-state index in [0.717, 1.165) is 33.6 Å². The standard InChI is InChI=1S/C27H23N7OS/c1-17-13-14-20(15-18(17)2)33-24(19-9-5-4-6-10-19)29-31-27(33)36-16-23-28-30-26-32(3)25(35)21-11-7-8-12-22(21)34(23)26/h4-15H,16H2,1-3H3. The van der Waals surface area contributed by atoms with Gasteiger partial charge in [-0.25, -0.2) is 0 Å². The molecule has 9 heteroatoms. The molecule has 6 aromatic rings. The highest BCUT2D eigenvalue weighted by Crippen LogP contribution is 2.30. The number of nitrogens with zero attached hydrogens (tertiary/aromatic N) is 7. The molecule has 0 aliphatic rings. The first kappa shape index (κ1) is 22.2. The van der Waals surface area contributed by atoms with Crippen molar-refractivity contribution >= 4 is 28.4 Å². The summed E-state index contributed by atoms with van der Waals surface area (Å²) in [6.07, 6.45) is 0. The lowest BCUT2D eigenvalue weighted by Gasteiger charge is -2.12. The molecule has 0 bridgehead atoms. The topological polar surface area (TPSA) is 82.9 Å². The third-order valence-corrected chi connectivity index (χ3v) is 7.36. The lowest BCUT2D eigenvalue weighted by atomic mass is 10.1. The van der Waals surface area contributed by atoms with Crippen LogP contribution in [0.2, 0.25) is 0 Å². The Morgan fingerprint density at radius 3 is 2.42 bits per heavy atom. The summed E-state index contributed by atoms with van der Waals surface area (Å²) >= 11 is 1.54. The van der Waals surface area contributed by atoms with Crippen molar-refractivity contribution in [1.29, 1.82) is 0 Å². The van der Waals surface area contributed by atoms with Gasteiger partial charge in [-0.15, -0.1) is 20.4 Å². The number of hydrogen-bond donors (Lipinski definition) is 0. The first-order chi connectivity index (χ1) is 17.5. The molecular weight excluding hydrogens is 470 g/mol. The number of aryl methyl sites for hydroxylation is 3. The van der Waals surface area contributed by atoms with Crippen molar-refractivity contribution in [3.05, 3.63) is 100 Å². The molecule has 8 nitrogen and oxygen atoms in total. The van der Waals surface area contributed by atoms with Crippen LogP contribution in [0.5, 0.6) is 0 Å². The fourth-order valence-electron chi connectivity index (χ4n) is 4.35. The van der Waals surface area contributed by atoms with Gasteiger partial charge < -0.3 is 0 Å². The number of thioether (sulfide) groups is 1. The minimum atomic E-state index is -0.0910. The van der Waals surface area contributed by atoms with E-state index in [2.05, 4.69) is 57.0 Å². The highest BCUT2D eigenvalue weighted by atomic mass is 32.2. The molecule has 6 rings (SSSR count). The molecule has 3 heterocycles. The van der Waals surface area contributed by atoms with Gasteiger partial charge in [0, 0.05) is 12.6 Å². The van der Waals surface area contributed by atoms with Gasteiger partial charge in [0.2, 0.25) is 5.78 Å². The van der Waals surface area contributed by atoms with E-state index in [0.29, 0.717) is 16.9 Å². The molecule has 36 heavy (non-hydrogen) atoms. The molecular formula is C27H23N7OS. The van der Waals surface area contributed by atoms with Crippen LogP contribution in [0.15, 0.2) is 82.7 Å². The van der Waals surface area contributed by atoms with Gasteiger partial charge in [-0.2, -0.15) is 0 Å². The Morgan fingerprint density at radius 2 is 1.61 bits per heavy atom. The molecule has 0 atom stereocenters. The Hall–Kier alpha value is -4.24. The lowest BCUT2D eigenvalue weighted by molar-refractivity contribution is 0.857. The Bertz CT molecular complexity index is 1800. The van der Waals surface area contributed by atoms with E-state index >= 15 is 0 Å². The zero-order chi connectivity index (χ0) is 24.8. The van der Waals surface area contributed by atoms with Crippen LogP contribution in [0.4, 0.5) is 0 Å². The van der Waals surface area contributed by atoms with Crippen molar-refractivity contribution in [2.24, 2.45) is 7.05 Å². The Labute approximate surface area is 211 Å². The number of rotatable bonds is 5. The van der Waals surface area contributed by atoms with E-state index in [1.54, 1.807) is 7.05 Å². The predicted octanol–water partition coefficient (Wildman–Crippen LogP) is 4.74. The Morgan fingerprint density at radius 1 is 0.833 bits per heavy atom. The second-order valence-corrected chi connectivity index (χ2v) is 9.64. The van der Waals surface area contributed by atoms with Crippen LogP contribution in [-0.2, 0) is 12.8 Å². The molecule has 0 aliphatic carbocycles. The van der Waals surface area contributed by atoms with Crippen molar-refractivity contribution in [2.45, 2.75) is 24.8 Å². The van der Waals surface area contributed by atoms with Crippen LogP contribution < -0.4 is 5.56 Å². The molecule has 0 saturated heterocycles. The van der Waals surface area contributed by atoms with Gasteiger partial charge in [0.05, 0.1) is 22.3 Å². The van der Waals surface area contributed by atoms with Crippen molar-refractivity contribution in [3.8, 4) is 17.1 Å². The third kappa shape index (κ3) is 3.59. The van der Waals surface area contributed by atoms with Gasteiger partial charge in [0.1, 0.15) is 5.82 Å². The molecule has 0 radical (unpaired) electrons. The molecule has 0 amide bonds. The summed E-state index contributed by atoms with van der Waals surface area (Å²) in [5.41, 5.74) is 5.12. The molecule has 0 spiro atoms. The van der Waals surface area contributed by atoms with Gasteiger partial charge in [0.15, 0.2) is 11.0 Å². The maximum Gasteiger partial charge on any atom is 0.262 e. The van der Waals surface area contributed by atoms with E-state index in [1.165, 1.54) is 27.5 Å². The van der Waals surface area contributed by atoms with Crippen molar-refractivity contribution in [3.63, 3.8) is 0 Å². The highest BCUT2D eigenvalue weighted by Gasteiger charge is 2.19. The summed E-state index contributed by atoms with van der Waals surface area (Å²) in [4.78, 5) is 12.8. The number of fused-ring (bicyclic) bond motifs is 3. The summed E-state index contributed by atoms with van der Waals surface area (Å²) in [5, 5.41) is 19.2. The van der Waals surface area contributed by atoms with Crippen LogP contribution in [0.25, 0.3) is 33.8 Å². The van der Waals surface area contributed by atoms with Crippen LogP contribution in [-0.4, -0.2) is 33.9 Å². The lowest BCUT2D eigenvalue weighted by Crippen LogP contribution is -2.20. The van der Waals surface area contributed by atoms with E-state index in [9.17, 15) is 4.79 Å². The van der Waals surface area contributed by atoms with Crippen LogP contribution in [0.3, 0.4) is 0 Å². The largest absolute Gasteiger partial charge is 0.279 e. The third-order valence-electron chi connectivity index (χ3n) is 6.44. The minimum absolute atomic E-state index is 0.0910. The minimum Gasteiger partial charge on any atom is -0.279 e. The first-order valence-corrected chi connectivity index (χ1v) is 12.5. The summed E-state index contributed by atoms with van der Waals surface area (Å²) in [6, 6.07) is 24.0. The van der Waals surface area contributed by atoms with Crippen molar-refractivity contribution < 1.29 is 0 Å². The smallest absolute Gasteiger partial charge is 0.262 e. The van der Waals surface area contributed by atoms with Crippen LogP contribution in [0.1, 0.15) is 17.0 Å². The number of aromatic nitrogens is 7. The average molecular weight is 494 g/mol. The molecule has 3 aromatic carbocycles. The first-order valence-electron chi connectivity index (χ1n) is 11.6. The monoisotopic (exact) mass is 493 g/mol. The van der Waals surface area contributed by atoms with E-state index in [4.69, 9.17) is 0 Å². The molecule has 0 unspecified atom stereocenters. The molecule has 178 valence electrons. The van der Waals surface area contributed by atoms with Gasteiger partial charge in [-0.05, 0) is 49.2 Å². The SMILES string of the molecule is Cc1ccc(-n2c(SCc3nnc4n(C)c(=O)c5ccccc5n34)nnc2-c2ccccc2)cc1C. The van der Waals surface area contributed by atoms with E-state index < -0.39 is 0 Å². The zero-order valence-corrected chi connectivity index (χ0v) is 20.9. The second kappa shape index (κ2) is 8.76. The van der Waals surface area contributed by atoms with Crippen LogP contribution in [0, 0.1) is 13.8 Å². The van der Waals surface area contributed by atoms with Gasteiger partial charge in [0.25, 0.3) is 5.56 Å². The zero-order valence-electron chi connectivity index (χ0n) is 20.1. The summed E-state index contributed by atoms with van der Waals surface area (Å²) in [5.74, 6) is 2.52. The number of para-hydroxylation sites is 1.